The third kappa shape index (κ3) is 2.32. The van der Waals surface area contributed by atoms with Crippen LogP contribution in [-0.4, -0.2) is 68.7 Å². The van der Waals surface area contributed by atoms with Crippen LogP contribution >= 0.6 is 0 Å². The molecular weight excluding hydrogens is 456 g/mol. The summed E-state index contributed by atoms with van der Waals surface area (Å²) in [5, 5.41) is 23.5. The van der Waals surface area contributed by atoms with E-state index in [1.807, 2.05) is 25.1 Å². The highest BCUT2D eigenvalue weighted by Crippen LogP contribution is 2.66. The number of ether oxygens (including phenoxy) is 1. The first kappa shape index (κ1) is 21.2. The van der Waals surface area contributed by atoms with E-state index < -0.39 is 23.2 Å². The van der Waals surface area contributed by atoms with Gasteiger partial charge < -0.3 is 14.9 Å². The Balaban J connectivity index is 1.28. The summed E-state index contributed by atoms with van der Waals surface area (Å²) in [7, 11) is 0. The number of fused-ring (bicyclic) bond motifs is 1. The zero-order valence-corrected chi connectivity index (χ0v) is 20.4. The van der Waals surface area contributed by atoms with E-state index in [9.17, 15) is 19.8 Å². The van der Waals surface area contributed by atoms with Gasteiger partial charge in [-0.15, -0.1) is 0 Å². The van der Waals surface area contributed by atoms with Crippen LogP contribution in [0.1, 0.15) is 69.5 Å². The number of amides is 2. The third-order valence-corrected chi connectivity index (χ3v) is 10.2. The molecule has 1 saturated heterocycles. The van der Waals surface area contributed by atoms with E-state index in [0.29, 0.717) is 42.1 Å². The predicted octanol–water partition coefficient (Wildman–Crippen LogP) is 2.93. The number of hydrogen-bond acceptors (Lipinski definition) is 6. The molecule has 2 bridgehead atoms. The van der Waals surface area contributed by atoms with Gasteiger partial charge in [0.1, 0.15) is 6.10 Å². The number of phenolic OH excluding ortho intramolecular Hbond substituents is 1. The van der Waals surface area contributed by atoms with Crippen LogP contribution in [0.3, 0.4) is 0 Å². The molecule has 36 heavy (non-hydrogen) atoms. The van der Waals surface area contributed by atoms with E-state index >= 15 is 0 Å². The van der Waals surface area contributed by atoms with E-state index in [1.165, 1.54) is 17.7 Å². The molecule has 0 unspecified atom stereocenters. The largest absolute Gasteiger partial charge is 0.504 e. The van der Waals surface area contributed by atoms with Crippen molar-refractivity contribution in [3.05, 3.63) is 58.1 Å². The highest BCUT2D eigenvalue weighted by Gasteiger charge is 2.74. The number of aliphatic hydroxyl groups is 1. The SMILES string of the molecule is Cc1cccc2c1C(=O)N([C@@H]1CC[C@@]3(O)[C@H]4Cc5ccc(O)c6c5[C@@]3(CCN4CC3CC3)[C@@H]1O6)C2=O. The molecule has 3 fully saturated rings. The zero-order chi connectivity index (χ0) is 24.6. The van der Waals surface area contributed by atoms with E-state index in [0.717, 1.165) is 36.2 Å². The number of aryl methyl sites for hydroxylation is 1. The monoisotopic (exact) mass is 486 g/mol. The molecule has 1 spiro atoms. The number of piperidine rings is 1. The Labute approximate surface area is 209 Å². The van der Waals surface area contributed by atoms with Gasteiger partial charge in [-0.2, -0.15) is 0 Å². The molecule has 2 saturated carbocycles. The van der Waals surface area contributed by atoms with Gasteiger partial charge in [-0.05, 0) is 81.2 Å². The van der Waals surface area contributed by atoms with Crippen LogP contribution in [0.25, 0.3) is 0 Å². The lowest BCUT2D eigenvalue weighted by molar-refractivity contribution is -0.196. The highest BCUT2D eigenvalue weighted by molar-refractivity contribution is 6.22. The summed E-state index contributed by atoms with van der Waals surface area (Å²) in [6.07, 6.45) is 4.30. The molecule has 8 rings (SSSR count). The molecule has 186 valence electrons. The minimum absolute atomic E-state index is 0.0358. The van der Waals surface area contributed by atoms with Crippen LogP contribution in [-0.2, 0) is 11.8 Å². The number of aromatic hydroxyl groups is 1. The molecule has 0 aromatic heterocycles. The van der Waals surface area contributed by atoms with Crippen molar-refractivity contribution in [2.45, 2.75) is 74.7 Å². The van der Waals surface area contributed by atoms with Crippen LogP contribution in [0, 0.1) is 12.8 Å². The van der Waals surface area contributed by atoms with Crippen molar-refractivity contribution in [3.63, 3.8) is 0 Å². The lowest BCUT2D eigenvalue weighted by Crippen LogP contribution is -2.78. The van der Waals surface area contributed by atoms with Gasteiger partial charge in [0.25, 0.3) is 11.8 Å². The van der Waals surface area contributed by atoms with E-state index in [4.69, 9.17) is 4.74 Å². The Morgan fingerprint density at radius 2 is 1.92 bits per heavy atom. The Morgan fingerprint density at radius 1 is 1.08 bits per heavy atom. The van der Waals surface area contributed by atoms with Gasteiger partial charge >= 0.3 is 0 Å². The first-order valence-electron chi connectivity index (χ1n) is 13.3. The summed E-state index contributed by atoms with van der Waals surface area (Å²) in [6.45, 7) is 3.71. The van der Waals surface area contributed by atoms with Crippen LogP contribution < -0.4 is 4.74 Å². The molecule has 3 aliphatic heterocycles. The van der Waals surface area contributed by atoms with Crippen LogP contribution in [0.15, 0.2) is 30.3 Å². The highest BCUT2D eigenvalue weighted by atomic mass is 16.5. The van der Waals surface area contributed by atoms with E-state index in [1.54, 1.807) is 12.1 Å². The van der Waals surface area contributed by atoms with Gasteiger partial charge in [0.05, 0.1) is 28.2 Å². The van der Waals surface area contributed by atoms with Gasteiger partial charge in [0.15, 0.2) is 11.5 Å². The number of carbonyl (C=O) groups is 2. The molecule has 5 atom stereocenters. The van der Waals surface area contributed by atoms with Gasteiger partial charge in [0, 0.05) is 18.2 Å². The Hall–Kier alpha value is -2.90. The first-order valence-corrected chi connectivity index (χ1v) is 13.3. The molecular formula is C29H30N2O5. The number of hydrogen-bond donors (Lipinski definition) is 2. The quantitative estimate of drug-likeness (QED) is 0.649. The number of rotatable bonds is 3. The second-order valence-electron chi connectivity index (χ2n) is 11.9. The van der Waals surface area contributed by atoms with Crippen molar-refractivity contribution in [3.8, 4) is 11.5 Å². The molecule has 2 amide bonds. The molecule has 3 aliphatic carbocycles. The van der Waals surface area contributed by atoms with Gasteiger partial charge in [0.2, 0.25) is 0 Å². The fourth-order valence-corrected chi connectivity index (χ4v) is 8.49. The minimum atomic E-state index is -1.04. The van der Waals surface area contributed by atoms with E-state index in [2.05, 4.69) is 4.90 Å². The van der Waals surface area contributed by atoms with Crippen molar-refractivity contribution in [2.24, 2.45) is 5.92 Å². The molecule has 6 aliphatic rings. The molecule has 7 heteroatoms. The summed E-state index contributed by atoms with van der Waals surface area (Å²) in [5.74, 6) is 0.656. The Morgan fingerprint density at radius 3 is 2.69 bits per heavy atom. The lowest BCUT2D eigenvalue weighted by Gasteiger charge is -2.64. The van der Waals surface area contributed by atoms with Crippen molar-refractivity contribution < 1.29 is 24.5 Å². The van der Waals surface area contributed by atoms with Crippen LogP contribution in [0.4, 0.5) is 0 Å². The second-order valence-corrected chi connectivity index (χ2v) is 11.9. The fraction of sp³-hybridized carbons (Fsp3) is 0.517. The fourth-order valence-electron chi connectivity index (χ4n) is 8.49. The van der Waals surface area contributed by atoms with Crippen molar-refractivity contribution in [1.82, 2.24) is 9.80 Å². The summed E-state index contributed by atoms with van der Waals surface area (Å²) >= 11 is 0. The summed E-state index contributed by atoms with van der Waals surface area (Å²) in [5.41, 5.74) is 1.93. The molecule has 2 aromatic rings. The molecule has 2 N–H and O–H groups in total. The summed E-state index contributed by atoms with van der Waals surface area (Å²) < 4.78 is 6.58. The normalized spacial score (nSPS) is 36.1. The minimum Gasteiger partial charge on any atom is -0.504 e. The molecule has 0 radical (unpaired) electrons. The van der Waals surface area contributed by atoms with Gasteiger partial charge in [-0.3, -0.25) is 19.4 Å². The van der Waals surface area contributed by atoms with E-state index in [-0.39, 0.29) is 23.6 Å². The van der Waals surface area contributed by atoms with Gasteiger partial charge in [-0.25, -0.2) is 0 Å². The number of imide groups is 1. The van der Waals surface area contributed by atoms with Gasteiger partial charge in [-0.1, -0.05) is 18.2 Å². The number of carbonyl (C=O) groups excluding carboxylic acids is 2. The third-order valence-electron chi connectivity index (χ3n) is 10.2. The maximum Gasteiger partial charge on any atom is 0.262 e. The molecule has 3 heterocycles. The Kier molecular flexibility index (Phi) is 3.94. The number of phenols is 1. The average molecular weight is 487 g/mol. The first-order chi connectivity index (χ1) is 17.3. The second kappa shape index (κ2) is 6.69. The zero-order valence-electron chi connectivity index (χ0n) is 20.4. The topological polar surface area (TPSA) is 90.3 Å². The number of benzene rings is 2. The molecule has 2 aromatic carbocycles. The number of nitrogens with zero attached hydrogens (tertiary/aromatic N) is 2. The Bertz CT molecular complexity index is 1370. The van der Waals surface area contributed by atoms with Crippen molar-refractivity contribution >= 4 is 11.8 Å². The smallest absolute Gasteiger partial charge is 0.262 e. The predicted molar refractivity (Wildman–Crippen MR) is 130 cm³/mol. The lowest BCUT2D eigenvalue weighted by atomic mass is 9.48. The average Bonchev–Trinajstić information content (AvgIpc) is 3.54. The number of likely N-dealkylation sites (tertiary alicyclic amines) is 1. The summed E-state index contributed by atoms with van der Waals surface area (Å²) in [6, 6.07) is 8.52. The maximum atomic E-state index is 13.7. The molecule has 7 nitrogen and oxygen atoms in total. The summed E-state index contributed by atoms with van der Waals surface area (Å²) in [4.78, 5) is 31.2. The van der Waals surface area contributed by atoms with Crippen LogP contribution in [0.5, 0.6) is 11.5 Å². The maximum absolute atomic E-state index is 13.7. The van der Waals surface area contributed by atoms with Crippen molar-refractivity contribution in [1.29, 1.82) is 0 Å². The standard InChI is InChI=1S/C29H30N2O5/c1-15-3-2-4-18-22(15)27(34)31(26(18)33)19-9-10-29(35)21-13-17-7-8-20(32)24-23(17)28(29,25(19)36-24)11-12-30(21)14-16-5-6-16/h2-4,7-8,16,19,21,25,32,35H,5-6,9-14H2,1H3/t19-,21-,25-,28+,29-/m1/s1. The van der Waals surface area contributed by atoms with Crippen molar-refractivity contribution in [2.75, 3.05) is 13.1 Å². The van der Waals surface area contributed by atoms with Crippen LogP contribution in [0.2, 0.25) is 0 Å².